The molecule has 0 saturated heterocycles. The van der Waals surface area contributed by atoms with E-state index in [2.05, 4.69) is 25.8 Å². The van der Waals surface area contributed by atoms with Gasteiger partial charge in [-0.2, -0.15) is 5.10 Å². The predicted octanol–water partition coefficient (Wildman–Crippen LogP) is 1.89. The number of hydrogen-bond donors (Lipinski definition) is 4. The molecule has 146 valence electrons. The van der Waals surface area contributed by atoms with Crippen molar-refractivity contribution in [1.82, 2.24) is 25.8 Å². The quantitative estimate of drug-likeness (QED) is 0.440. The van der Waals surface area contributed by atoms with Gasteiger partial charge in [0.05, 0.1) is 22.9 Å². The fourth-order valence-corrected chi connectivity index (χ4v) is 3.19. The molecule has 2 atom stereocenters. The summed E-state index contributed by atoms with van der Waals surface area (Å²) < 4.78 is 13.1. The van der Waals surface area contributed by atoms with Gasteiger partial charge >= 0.3 is 0 Å². The van der Waals surface area contributed by atoms with Crippen molar-refractivity contribution >= 4 is 0 Å². The largest absolute Gasteiger partial charge is 0.364 e. The molecule has 2 aliphatic rings. The highest BCUT2D eigenvalue weighted by atomic mass is 19.1. The molecular weight excluding hydrogens is 365 g/mol. The molecule has 9 nitrogen and oxygen atoms in total. The first-order valence-electron chi connectivity index (χ1n) is 8.94. The number of allylic oxidation sites excluding steroid dienone is 2. The van der Waals surface area contributed by atoms with Crippen LogP contribution in [0.2, 0.25) is 0 Å². The number of nitrogens with zero attached hydrogens (tertiary/aromatic N) is 3. The number of dihydropyridines is 1. The van der Waals surface area contributed by atoms with E-state index >= 15 is 0 Å². The van der Waals surface area contributed by atoms with Crippen LogP contribution in [0.25, 0.3) is 0 Å². The lowest BCUT2D eigenvalue weighted by Gasteiger charge is -2.32. The lowest BCUT2D eigenvalue weighted by molar-refractivity contribution is -0.437. The Morgan fingerprint density at radius 1 is 1.43 bits per heavy atom. The lowest BCUT2D eigenvalue weighted by atomic mass is 9.99. The summed E-state index contributed by atoms with van der Waals surface area (Å²) in [5, 5.41) is 24.9. The number of nitrogens with one attached hydrogen (secondary N) is 3. The van der Waals surface area contributed by atoms with E-state index in [-0.39, 0.29) is 11.7 Å². The van der Waals surface area contributed by atoms with Crippen molar-refractivity contribution in [2.75, 3.05) is 0 Å². The van der Waals surface area contributed by atoms with Gasteiger partial charge in [0.2, 0.25) is 5.66 Å². The number of pyridine rings is 1. The second kappa shape index (κ2) is 6.71. The van der Waals surface area contributed by atoms with E-state index < -0.39 is 16.4 Å². The first-order valence-corrected chi connectivity index (χ1v) is 8.94. The molecule has 0 amide bonds. The molecule has 1 unspecified atom stereocenters. The van der Waals surface area contributed by atoms with E-state index in [0.29, 0.717) is 23.1 Å². The molecule has 0 radical (unpaired) electrons. The monoisotopic (exact) mass is 385 g/mol. The van der Waals surface area contributed by atoms with Gasteiger partial charge in [-0.3, -0.25) is 25.9 Å². The molecule has 3 heterocycles. The summed E-state index contributed by atoms with van der Waals surface area (Å²) in [4.78, 5) is 15.1. The molecule has 0 aromatic carbocycles. The minimum atomic E-state index is -1.60. The molecule has 1 aliphatic heterocycles. The number of nitrogens with two attached hydrogens (primary N) is 1. The zero-order chi connectivity index (χ0) is 19.9. The Kier molecular flexibility index (Phi) is 4.34. The smallest absolute Gasteiger partial charge is 0.292 e. The Hall–Kier alpha value is -3.27. The van der Waals surface area contributed by atoms with Crippen LogP contribution in [0, 0.1) is 15.9 Å². The maximum atomic E-state index is 13.1. The van der Waals surface area contributed by atoms with Crippen LogP contribution < -0.4 is 16.4 Å². The molecule has 2 aromatic rings. The maximum Gasteiger partial charge on any atom is 0.292 e. The normalized spacial score (nSPS) is 22.7. The van der Waals surface area contributed by atoms with E-state index in [1.807, 2.05) is 6.92 Å². The van der Waals surface area contributed by atoms with Gasteiger partial charge in [0.15, 0.2) is 0 Å². The molecule has 28 heavy (non-hydrogen) atoms. The predicted molar refractivity (Wildman–Crippen MR) is 98.5 cm³/mol. The first kappa shape index (κ1) is 18.1. The Labute approximate surface area is 160 Å². The molecule has 1 fully saturated rings. The maximum absolute atomic E-state index is 13.1. The van der Waals surface area contributed by atoms with E-state index in [1.54, 1.807) is 12.1 Å². The Bertz CT molecular complexity index is 965. The van der Waals surface area contributed by atoms with E-state index in [1.165, 1.54) is 18.2 Å². The zero-order valence-corrected chi connectivity index (χ0v) is 15.1. The van der Waals surface area contributed by atoms with Gasteiger partial charge in [-0.1, -0.05) is 0 Å². The number of aromatic amines is 1. The highest BCUT2D eigenvalue weighted by Crippen LogP contribution is 2.40. The standard InChI is InChI=1S/C18H20FN7O2/c1-10(13-5-4-12(19)9-21-13)22-17-7-6-16(26(27)28)18(20,23-17)15-8-14(24-25-15)11-2-3-11/h4-11,22-23H,2-3,20H2,1H3,(H,24,25)/t10-,18?/m0/s1. The molecule has 10 heteroatoms. The Morgan fingerprint density at radius 2 is 2.21 bits per heavy atom. The van der Waals surface area contributed by atoms with Gasteiger partial charge in [-0.05, 0) is 44.0 Å². The van der Waals surface area contributed by atoms with Crippen LogP contribution >= 0.6 is 0 Å². The van der Waals surface area contributed by atoms with Crippen LogP contribution in [0.1, 0.15) is 48.8 Å². The molecule has 1 saturated carbocycles. The van der Waals surface area contributed by atoms with Crippen molar-refractivity contribution in [1.29, 1.82) is 0 Å². The Morgan fingerprint density at radius 3 is 2.86 bits per heavy atom. The highest BCUT2D eigenvalue weighted by Gasteiger charge is 2.45. The van der Waals surface area contributed by atoms with Gasteiger partial charge < -0.3 is 10.6 Å². The molecule has 0 spiro atoms. The van der Waals surface area contributed by atoms with Crippen molar-refractivity contribution in [2.45, 2.75) is 37.4 Å². The number of halogens is 1. The van der Waals surface area contributed by atoms with Crippen LogP contribution in [-0.4, -0.2) is 20.1 Å². The first-order chi connectivity index (χ1) is 13.4. The van der Waals surface area contributed by atoms with E-state index in [9.17, 15) is 14.5 Å². The van der Waals surface area contributed by atoms with Gasteiger partial charge in [-0.25, -0.2) is 4.39 Å². The second-order valence-corrected chi connectivity index (χ2v) is 7.07. The third-order valence-corrected chi connectivity index (χ3v) is 4.93. The van der Waals surface area contributed by atoms with Crippen molar-refractivity contribution in [2.24, 2.45) is 5.73 Å². The fraction of sp³-hybridized carbons (Fsp3) is 0.333. The van der Waals surface area contributed by atoms with Crippen LogP contribution in [0.5, 0.6) is 0 Å². The van der Waals surface area contributed by atoms with Crippen LogP contribution in [0.4, 0.5) is 4.39 Å². The lowest BCUT2D eigenvalue weighted by Crippen LogP contribution is -2.56. The minimum absolute atomic E-state index is 0.209. The molecule has 5 N–H and O–H groups in total. The number of aromatic nitrogens is 3. The molecule has 2 aromatic heterocycles. The number of rotatable bonds is 6. The van der Waals surface area contributed by atoms with Gasteiger partial charge in [0.1, 0.15) is 17.3 Å². The summed E-state index contributed by atoms with van der Waals surface area (Å²) in [6.45, 7) is 1.84. The summed E-state index contributed by atoms with van der Waals surface area (Å²) in [6, 6.07) is 4.38. The van der Waals surface area contributed by atoms with Gasteiger partial charge in [0, 0.05) is 17.7 Å². The van der Waals surface area contributed by atoms with Crippen molar-refractivity contribution in [3.8, 4) is 0 Å². The summed E-state index contributed by atoms with van der Waals surface area (Å²) in [5.74, 6) is 0.465. The molecular formula is C18H20FN7O2. The van der Waals surface area contributed by atoms with Gasteiger partial charge in [-0.15, -0.1) is 0 Å². The van der Waals surface area contributed by atoms with Crippen molar-refractivity contribution < 1.29 is 9.31 Å². The summed E-state index contributed by atoms with van der Waals surface area (Å²) in [6.07, 6.45) is 6.17. The highest BCUT2D eigenvalue weighted by molar-refractivity contribution is 5.36. The summed E-state index contributed by atoms with van der Waals surface area (Å²) in [5.41, 5.74) is 6.52. The minimum Gasteiger partial charge on any atom is -0.364 e. The number of H-pyrrole nitrogens is 1. The van der Waals surface area contributed by atoms with E-state index in [0.717, 1.165) is 24.7 Å². The van der Waals surface area contributed by atoms with Crippen LogP contribution in [0.3, 0.4) is 0 Å². The molecule has 4 rings (SSSR count). The van der Waals surface area contributed by atoms with Crippen LogP contribution in [0.15, 0.2) is 48.1 Å². The van der Waals surface area contributed by atoms with Gasteiger partial charge in [0.25, 0.3) is 5.70 Å². The fourth-order valence-electron chi connectivity index (χ4n) is 3.19. The SMILES string of the molecule is C[C@H](NC1=CC=C([N+](=O)[O-])C(N)(c2cc(C3CC3)[nH]n2)N1)c1ccc(F)cn1. The average molecular weight is 385 g/mol. The average Bonchev–Trinajstić information content (AvgIpc) is 3.38. The molecule has 1 aliphatic carbocycles. The summed E-state index contributed by atoms with van der Waals surface area (Å²) >= 11 is 0. The van der Waals surface area contributed by atoms with E-state index in [4.69, 9.17) is 5.73 Å². The van der Waals surface area contributed by atoms with Crippen molar-refractivity contribution in [3.63, 3.8) is 0 Å². The number of nitro groups is 1. The number of hydrogen-bond acceptors (Lipinski definition) is 7. The summed E-state index contributed by atoms with van der Waals surface area (Å²) in [7, 11) is 0. The Balaban J connectivity index is 1.59. The van der Waals surface area contributed by atoms with Crippen molar-refractivity contribution in [3.05, 3.63) is 81.1 Å². The topological polar surface area (TPSA) is 135 Å². The third kappa shape index (κ3) is 3.33. The third-order valence-electron chi connectivity index (χ3n) is 4.93. The zero-order valence-electron chi connectivity index (χ0n) is 15.1. The van der Waals surface area contributed by atoms with Crippen LogP contribution in [-0.2, 0) is 5.66 Å². The second-order valence-electron chi connectivity index (χ2n) is 7.07. The molecule has 0 bridgehead atoms.